The fraction of sp³-hybridized carbons (Fsp3) is 0.400. The van der Waals surface area contributed by atoms with Gasteiger partial charge in [-0.25, -0.2) is 9.59 Å². The highest BCUT2D eigenvalue weighted by Gasteiger charge is 2.33. The minimum atomic E-state index is -1.18. The van der Waals surface area contributed by atoms with Gasteiger partial charge in [-0.05, 0) is 35.1 Å². The Morgan fingerprint density at radius 3 is 2.32 bits per heavy atom. The monoisotopic (exact) mass is 468 g/mol. The van der Waals surface area contributed by atoms with Crippen molar-refractivity contribution in [2.24, 2.45) is 0 Å². The lowest BCUT2D eigenvalue weighted by molar-refractivity contribution is -0.145. The highest BCUT2D eigenvalue weighted by molar-refractivity contribution is 5.86. The van der Waals surface area contributed by atoms with Crippen molar-refractivity contribution in [1.82, 2.24) is 10.6 Å². The van der Waals surface area contributed by atoms with E-state index < -0.39 is 30.1 Å². The SMILES string of the molecule is COC[C@H](NC(=O)C1CCC(CNC(=O)OCC2c3ccccc3-c3ccccc32)O1)C(=O)O. The first-order valence-corrected chi connectivity index (χ1v) is 11.2. The summed E-state index contributed by atoms with van der Waals surface area (Å²) in [7, 11) is 1.36. The maximum Gasteiger partial charge on any atom is 0.407 e. The lowest BCUT2D eigenvalue weighted by Crippen LogP contribution is -2.48. The van der Waals surface area contributed by atoms with E-state index in [9.17, 15) is 14.4 Å². The van der Waals surface area contributed by atoms with Crippen molar-refractivity contribution in [3.8, 4) is 11.1 Å². The van der Waals surface area contributed by atoms with Crippen molar-refractivity contribution in [2.45, 2.75) is 37.0 Å². The molecule has 1 aliphatic heterocycles. The highest BCUT2D eigenvalue weighted by atomic mass is 16.6. The lowest BCUT2D eigenvalue weighted by atomic mass is 9.98. The van der Waals surface area contributed by atoms with Crippen LogP contribution in [-0.4, -0.2) is 68.2 Å². The average Bonchev–Trinajstić information content (AvgIpc) is 3.44. The Bertz CT molecular complexity index is 1010. The van der Waals surface area contributed by atoms with E-state index in [0.717, 1.165) is 22.3 Å². The summed E-state index contributed by atoms with van der Waals surface area (Å²) in [5.41, 5.74) is 4.59. The predicted molar refractivity (Wildman–Crippen MR) is 122 cm³/mol. The van der Waals surface area contributed by atoms with Gasteiger partial charge in [0.1, 0.15) is 12.7 Å². The molecule has 0 radical (unpaired) electrons. The Labute approximate surface area is 197 Å². The van der Waals surface area contributed by atoms with Gasteiger partial charge in [-0.3, -0.25) is 4.79 Å². The molecule has 2 aromatic carbocycles. The second-order valence-electron chi connectivity index (χ2n) is 8.39. The fourth-order valence-electron chi connectivity index (χ4n) is 4.50. The number of carboxylic acids is 1. The van der Waals surface area contributed by atoms with Crippen molar-refractivity contribution >= 4 is 18.0 Å². The molecule has 3 atom stereocenters. The molecule has 0 bridgehead atoms. The minimum Gasteiger partial charge on any atom is -0.480 e. The standard InChI is InChI=1S/C25H28N2O7/c1-32-14-21(24(29)30)27-23(28)22-11-10-15(34-22)12-26-25(31)33-13-20-18-8-4-2-6-16(18)17-7-3-5-9-19(17)20/h2-9,15,20-22H,10-14H2,1H3,(H,26,31)(H,27,28)(H,29,30)/t15?,21-,22?/m0/s1. The summed E-state index contributed by atoms with van der Waals surface area (Å²) in [5, 5.41) is 14.2. The molecule has 2 unspecified atom stereocenters. The zero-order valence-electron chi connectivity index (χ0n) is 18.9. The number of rotatable bonds is 9. The van der Waals surface area contributed by atoms with E-state index in [1.807, 2.05) is 24.3 Å². The number of ether oxygens (including phenoxy) is 3. The zero-order chi connectivity index (χ0) is 24.1. The van der Waals surface area contributed by atoms with Gasteiger partial charge in [-0.2, -0.15) is 0 Å². The zero-order valence-corrected chi connectivity index (χ0v) is 18.9. The van der Waals surface area contributed by atoms with E-state index in [-0.39, 0.29) is 31.8 Å². The number of amides is 2. The molecule has 34 heavy (non-hydrogen) atoms. The van der Waals surface area contributed by atoms with Crippen LogP contribution in [0.4, 0.5) is 4.79 Å². The van der Waals surface area contributed by atoms with Crippen LogP contribution >= 0.6 is 0 Å². The van der Waals surface area contributed by atoms with Crippen LogP contribution in [0.2, 0.25) is 0 Å². The van der Waals surface area contributed by atoms with E-state index in [0.29, 0.717) is 12.8 Å². The molecule has 1 fully saturated rings. The Balaban J connectivity index is 1.24. The molecule has 0 aromatic heterocycles. The Morgan fingerprint density at radius 1 is 1.06 bits per heavy atom. The maximum atomic E-state index is 12.3. The van der Waals surface area contributed by atoms with Crippen molar-refractivity contribution in [3.63, 3.8) is 0 Å². The summed E-state index contributed by atoms with van der Waals surface area (Å²) in [4.78, 5) is 35.8. The summed E-state index contributed by atoms with van der Waals surface area (Å²) < 4.78 is 16.0. The number of hydrogen-bond donors (Lipinski definition) is 3. The van der Waals surface area contributed by atoms with Gasteiger partial charge in [0.25, 0.3) is 0 Å². The molecule has 4 rings (SSSR count). The molecule has 1 saturated heterocycles. The van der Waals surface area contributed by atoms with Crippen LogP contribution in [0.15, 0.2) is 48.5 Å². The average molecular weight is 469 g/mol. The van der Waals surface area contributed by atoms with Gasteiger partial charge in [-0.1, -0.05) is 48.5 Å². The molecule has 2 amide bonds. The van der Waals surface area contributed by atoms with Crippen molar-refractivity contribution < 1.29 is 33.7 Å². The highest BCUT2D eigenvalue weighted by Crippen LogP contribution is 2.44. The largest absolute Gasteiger partial charge is 0.480 e. The summed E-state index contributed by atoms with van der Waals surface area (Å²) >= 11 is 0. The first-order chi connectivity index (χ1) is 16.5. The first kappa shape index (κ1) is 23.7. The number of benzene rings is 2. The van der Waals surface area contributed by atoms with Gasteiger partial charge in [0.05, 0.1) is 12.7 Å². The molecule has 3 N–H and O–H groups in total. The Hall–Kier alpha value is -3.43. The van der Waals surface area contributed by atoms with Gasteiger partial charge in [0.2, 0.25) is 5.91 Å². The molecule has 0 spiro atoms. The number of carboxylic acid groups (broad SMARTS) is 1. The summed E-state index contributed by atoms with van der Waals surface area (Å²) in [5.74, 6) is -1.71. The molecule has 0 saturated carbocycles. The maximum absolute atomic E-state index is 12.3. The second-order valence-corrected chi connectivity index (χ2v) is 8.39. The predicted octanol–water partition coefficient (Wildman–Crippen LogP) is 2.29. The van der Waals surface area contributed by atoms with Crippen LogP contribution in [0.3, 0.4) is 0 Å². The minimum absolute atomic E-state index is 0.0248. The van der Waals surface area contributed by atoms with Gasteiger partial charge in [0, 0.05) is 19.6 Å². The molecule has 2 aromatic rings. The number of alkyl carbamates (subject to hydrolysis) is 1. The van der Waals surface area contributed by atoms with Gasteiger partial charge >= 0.3 is 12.1 Å². The number of carbonyl (C=O) groups is 3. The Morgan fingerprint density at radius 2 is 1.71 bits per heavy atom. The number of carbonyl (C=O) groups excluding carboxylic acids is 2. The van der Waals surface area contributed by atoms with Crippen LogP contribution in [-0.2, 0) is 23.8 Å². The number of methoxy groups -OCH3 is 1. The number of nitrogens with one attached hydrogen (secondary N) is 2. The van der Waals surface area contributed by atoms with Gasteiger partial charge in [0.15, 0.2) is 6.04 Å². The van der Waals surface area contributed by atoms with Gasteiger partial charge < -0.3 is 30.0 Å². The van der Waals surface area contributed by atoms with Crippen molar-refractivity contribution in [2.75, 3.05) is 26.9 Å². The second kappa shape index (κ2) is 10.7. The molecule has 1 aliphatic carbocycles. The van der Waals surface area contributed by atoms with E-state index >= 15 is 0 Å². The fourth-order valence-corrected chi connectivity index (χ4v) is 4.50. The van der Waals surface area contributed by atoms with Crippen LogP contribution in [0.25, 0.3) is 11.1 Å². The first-order valence-electron chi connectivity index (χ1n) is 11.2. The third-order valence-electron chi connectivity index (χ3n) is 6.17. The smallest absolute Gasteiger partial charge is 0.407 e. The molecular weight excluding hydrogens is 440 g/mol. The van der Waals surface area contributed by atoms with Crippen molar-refractivity contribution in [3.05, 3.63) is 59.7 Å². The van der Waals surface area contributed by atoms with E-state index in [4.69, 9.17) is 19.3 Å². The molecule has 1 heterocycles. The number of aliphatic carboxylic acids is 1. The van der Waals surface area contributed by atoms with Crippen LogP contribution in [0.1, 0.15) is 29.9 Å². The molecule has 9 nitrogen and oxygen atoms in total. The summed E-state index contributed by atoms with van der Waals surface area (Å²) in [6.45, 7) is 0.272. The van der Waals surface area contributed by atoms with E-state index in [1.165, 1.54) is 7.11 Å². The molecule has 2 aliphatic rings. The number of hydrogen-bond acceptors (Lipinski definition) is 6. The van der Waals surface area contributed by atoms with Crippen LogP contribution in [0, 0.1) is 0 Å². The number of fused-ring (bicyclic) bond motifs is 3. The molecule has 9 heteroatoms. The Kier molecular flexibility index (Phi) is 7.44. The normalized spacial score (nSPS) is 19.7. The topological polar surface area (TPSA) is 123 Å². The van der Waals surface area contributed by atoms with Crippen molar-refractivity contribution in [1.29, 1.82) is 0 Å². The molecular formula is C25H28N2O7. The summed E-state index contributed by atoms with van der Waals surface area (Å²) in [6.07, 6.45) is -0.689. The summed E-state index contributed by atoms with van der Waals surface area (Å²) in [6, 6.07) is 15.1. The third-order valence-corrected chi connectivity index (χ3v) is 6.17. The van der Waals surface area contributed by atoms with E-state index in [2.05, 4.69) is 34.9 Å². The van der Waals surface area contributed by atoms with Crippen LogP contribution < -0.4 is 10.6 Å². The quantitative estimate of drug-likeness (QED) is 0.516. The third kappa shape index (κ3) is 5.21. The van der Waals surface area contributed by atoms with E-state index in [1.54, 1.807) is 0 Å². The lowest BCUT2D eigenvalue weighted by Gasteiger charge is -2.18. The molecule has 180 valence electrons. The van der Waals surface area contributed by atoms with Gasteiger partial charge in [-0.15, -0.1) is 0 Å². The van der Waals surface area contributed by atoms with Crippen LogP contribution in [0.5, 0.6) is 0 Å².